The number of rotatable bonds is 6. The molecule has 3 fully saturated rings. The van der Waals surface area contributed by atoms with Crippen molar-refractivity contribution >= 4 is 47.8 Å². The Morgan fingerprint density at radius 2 is 1.93 bits per heavy atom. The van der Waals surface area contributed by atoms with Crippen molar-refractivity contribution in [3.63, 3.8) is 0 Å². The number of nitrogens with one attached hydrogen (secondary N) is 3. The Labute approximate surface area is 176 Å². The average molecular weight is 493 g/mol. The molecular weight excluding hydrogens is 465 g/mol. The smallest absolute Gasteiger partial charge is 0.324 e. The Kier molecular flexibility index (Phi) is 8.07. The van der Waals surface area contributed by atoms with Gasteiger partial charge in [-0.25, -0.2) is 4.79 Å². The first kappa shape index (κ1) is 21.7. The van der Waals surface area contributed by atoms with Gasteiger partial charge in [-0.3, -0.25) is 24.4 Å². The molecule has 2 heterocycles. The Balaban J connectivity index is 0.00000261. The monoisotopic (exact) mass is 493 g/mol. The highest BCUT2D eigenvalue weighted by atomic mass is 127. The molecule has 0 atom stereocenters. The van der Waals surface area contributed by atoms with Gasteiger partial charge in [0, 0.05) is 52.4 Å². The van der Waals surface area contributed by atoms with Crippen LogP contribution in [-0.2, 0) is 9.59 Å². The molecule has 11 heteroatoms. The lowest BCUT2D eigenvalue weighted by Gasteiger charge is -2.36. The average Bonchev–Trinajstić information content (AvgIpc) is 3.38. The zero-order valence-electron chi connectivity index (χ0n) is 15.6. The molecule has 3 aliphatic rings. The van der Waals surface area contributed by atoms with E-state index < -0.39 is 0 Å². The molecular formula is C16H28IN7O3. The van der Waals surface area contributed by atoms with E-state index in [9.17, 15) is 14.4 Å². The number of amides is 4. The van der Waals surface area contributed by atoms with Crippen LogP contribution in [0.1, 0.15) is 12.8 Å². The fourth-order valence-corrected chi connectivity index (χ4v) is 3.12. The number of hydrogen-bond acceptors (Lipinski definition) is 5. The van der Waals surface area contributed by atoms with Gasteiger partial charge in [-0.05, 0) is 12.8 Å². The first-order valence-corrected chi connectivity index (χ1v) is 9.12. The van der Waals surface area contributed by atoms with Crippen LogP contribution in [0, 0.1) is 0 Å². The van der Waals surface area contributed by atoms with E-state index in [0.29, 0.717) is 25.7 Å². The van der Waals surface area contributed by atoms with Gasteiger partial charge < -0.3 is 20.9 Å². The van der Waals surface area contributed by atoms with Gasteiger partial charge >= 0.3 is 6.03 Å². The van der Waals surface area contributed by atoms with Crippen LogP contribution >= 0.6 is 24.0 Å². The van der Waals surface area contributed by atoms with E-state index in [-0.39, 0.29) is 48.4 Å². The molecule has 4 amide bonds. The molecule has 0 radical (unpaired) electrons. The second kappa shape index (κ2) is 10.1. The zero-order chi connectivity index (χ0) is 18.5. The third-order valence-corrected chi connectivity index (χ3v) is 4.75. The van der Waals surface area contributed by atoms with Gasteiger partial charge in [-0.15, -0.1) is 24.0 Å². The van der Waals surface area contributed by atoms with Crippen LogP contribution in [0.25, 0.3) is 0 Å². The van der Waals surface area contributed by atoms with Crippen molar-refractivity contribution in [2.75, 3.05) is 59.4 Å². The predicted molar refractivity (Wildman–Crippen MR) is 111 cm³/mol. The van der Waals surface area contributed by atoms with E-state index in [1.54, 1.807) is 7.05 Å². The molecule has 27 heavy (non-hydrogen) atoms. The molecule has 0 aromatic carbocycles. The standard InChI is InChI=1S/C16H27N7O3.HI/c1-17-15(18-4-5-23-14(25)10-19-16(23)26)22-8-6-21(7-9-22)11-13(24)20-12-2-3-12;/h12H,2-11H2,1H3,(H,17,18)(H,19,26)(H,20,24);1H. The number of guanidine groups is 1. The lowest BCUT2D eigenvalue weighted by atomic mass is 10.3. The maximum absolute atomic E-state index is 11.9. The SMILES string of the molecule is CN=C(NCCN1C(=O)CNC1=O)N1CCN(CC(=O)NC2CC2)CC1.I. The zero-order valence-corrected chi connectivity index (χ0v) is 17.9. The number of carbonyl (C=O) groups excluding carboxylic acids is 3. The summed E-state index contributed by atoms with van der Waals surface area (Å²) in [4.78, 5) is 44.7. The van der Waals surface area contributed by atoms with Gasteiger partial charge in [0.05, 0.1) is 13.1 Å². The van der Waals surface area contributed by atoms with E-state index >= 15 is 0 Å². The fourth-order valence-electron chi connectivity index (χ4n) is 3.12. The third kappa shape index (κ3) is 6.19. The van der Waals surface area contributed by atoms with Crippen LogP contribution < -0.4 is 16.0 Å². The van der Waals surface area contributed by atoms with E-state index in [4.69, 9.17) is 0 Å². The summed E-state index contributed by atoms with van der Waals surface area (Å²) < 4.78 is 0. The number of urea groups is 1. The quantitative estimate of drug-likeness (QED) is 0.182. The van der Waals surface area contributed by atoms with Gasteiger partial charge in [-0.2, -0.15) is 0 Å². The molecule has 1 saturated carbocycles. The first-order valence-electron chi connectivity index (χ1n) is 9.12. The fraction of sp³-hybridized carbons (Fsp3) is 0.750. The number of hydrogen-bond donors (Lipinski definition) is 3. The Morgan fingerprint density at radius 1 is 1.22 bits per heavy atom. The van der Waals surface area contributed by atoms with Crippen molar-refractivity contribution in [3.05, 3.63) is 0 Å². The minimum absolute atomic E-state index is 0. The van der Waals surface area contributed by atoms with Crippen molar-refractivity contribution in [2.45, 2.75) is 18.9 Å². The van der Waals surface area contributed by atoms with Crippen LogP contribution in [0.15, 0.2) is 4.99 Å². The highest BCUT2D eigenvalue weighted by Crippen LogP contribution is 2.18. The molecule has 0 aromatic heterocycles. The number of carbonyl (C=O) groups is 3. The summed E-state index contributed by atoms with van der Waals surface area (Å²) in [6.45, 7) is 4.43. The summed E-state index contributed by atoms with van der Waals surface area (Å²) in [5.74, 6) is 0.654. The van der Waals surface area contributed by atoms with E-state index in [0.717, 1.165) is 45.0 Å². The van der Waals surface area contributed by atoms with E-state index in [2.05, 4.69) is 30.7 Å². The molecule has 1 aliphatic carbocycles. The molecule has 10 nitrogen and oxygen atoms in total. The molecule has 3 N–H and O–H groups in total. The van der Waals surface area contributed by atoms with E-state index in [1.165, 1.54) is 4.90 Å². The van der Waals surface area contributed by atoms with Gasteiger partial charge in [0.2, 0.25) is 11.8 Å². The number of imide groups is 1. The van der Waals surface area contributed by atoms with Gasteiger partial charge in [0.1, 0.15) is 0 Å². The summed E-state index contributed by atoms with van der Waals surface area (Å²) in [6, 6.07) is 0.0567. The first-order chi connectivity index (χ1) is 12.6. The molecule has 3 rings (SSSR count). The van der Waals surface area contributed by atoms with Crippen LogP contribution in [-0.4, -0.2) is 104 Å². The van der Waals surface area contributed by atoms with E-state index in [1.807, 2.05) is 0 Å². The topological polar surface area (TPSA) is 109 Å². The number of piperazine rings is 1. The number of halogens is 1. The van der Waals surface area contributed by atoms with Crippen molar-refractivity contribution in [2.24, 2.45) is 4.99 Å². The lowest BCUT2D eigenvalue weighted by Crippen LogP contribution is -2.54. The van der Waals surface area contributed by atoms with Crippen LogP contribution in [0.3, 0.4) is 0 Å². The summed E-state index contributed by atoms with van der Waals surface area (Å²) in [5.41, 5.74) is 0. The molecule has 0 aromatic rings. The normalized spacial score (nSPS) is 21.0. The van der Waals surface area contributed by atoms with Crippen molar-refractivity contribution in [3.8, 4) is 0 Å². The van der Waals surface area contributed by atoms with Gasteiger partial charge in [0.15, 0.2) is 5.96 Å². The van der Waals surface area contributed by atoms with Crippen LogP contribution in [0.2, 0.25) is 0 Å². The summed E-state index contributed by atoms with van der Waals surface area (Å²) in [7, 11) is 1.71. The minimum Gasteiger partial charge on any atom is -0.354 e. The van der Waals surface area contributed by atoms with Crippen LogP contribution in [0.5, 0.6) is 0 Å². The summed E-state index contributed by atoms with van der Waals surface area (Å²) >= 11 is 0. The number of nitrogens with zero attached hydrogens (tertiary/aromatic N) is 4. The molecule has 2 aliphatic heterocycles. The molecule has 0 spiro atoms. The highest BCUT2D eigenvalue weighted by molar-refractivity contribution is 14.0. The van der Waals surface area contributed by atoms with Gasteiger partial charge in [0.25, 0.3) is 0 Å². The molecule has 0 unspecified atom stereocenters. The summed E-state index contributed by atoms with van der Waals surface area (Å²) in [6.07, 6.45) is 2.21. The summed E-state index contributed by atoms with van der Waals surface area (Å²) in [5, 5.41) is 8.72. The second-order valence-corrected chi connectivity index (χ2v) is 6.78. The van der Waals surface area contributed by atoms with Gasteiger partial charge in [-0.1, -0.05) is 0 Å². The third-order valence-electron chi connectivity index (χ3n) is 4.75. The van der Waals surface area contributed by atoms with Crippen molar-refractivity contribution in [1.29, 1.82) is 0 Å². The Hall–Kier alpha value is -1.63. The Bertz CT molecular complexity index is 573. The number of aliphatic imine (C=N–C) groups is 1. The molecule has 0 bridgehead atoms. The maximum Gasteiger partial charge on any atom is 0.324 e. The highest BCUT2D eigenvalue weighted by Gasteiger charge is 2.28. The van der Waals surface area contributed by atoms with Crippen LogP contribution in [0.4, 0.5) is 4.79 Å². The predicted octanol–water partition coefficient (Wildman–Crippen LogP) is -1.37. The second-order valence-electron chi connectivity index (χ2n) is 6.78. The Morgan fingerprint density at radius 3 is 2.48 bits per heavy atom. The molecule has 2 saturated heterocycles. The minimum atomic E-state index is -0.343. The molecule has 152 valence electrons. The van der Waals surface area contributed by atoms with Crippen molar-refractivity contribution < 1.29 is 14.4 Å². The lowest BCUT2D eigenvalue weighted by molar-refractivity contribution is -0.125. The maximum atomic E-state index is 11.9. The largest absolute Gasteiger partial charge is 0.354 e. The van der Waals surface area contributed by atoms with Crippen molar-refractivity contribution in [1.82, 2.24) is 30.7 Å².